The standard InChI is InChI=1S/C6H9NO2S.H2/c8-4-2-7-5(9)1-6(7)10-3-4;/h4,6,8H,1-3H2;1H/t4?,6-;/m1./s1. The number of rotatable bonds is 0. The highest BCUT2D eigenvalue weighted by atomic mass is 32.2. The van der Waals surface area contributed by atoms with Crippen LogP contribution in [0.1, 0.15) is 7.85 Å². The molecule has 2 rings (SSSR count). The number of aliphatic hydroxyl groups is 1. The molecule has 4 heteroatoms. The van der Waals surface area contributed by atoms with E-state index >= 15 is 0 Å². The second kappa shape index (κ2) is 2.13. The first-order chi connectivity index (χ1) is 4.77. The lowest BCUT2D eigenvalue weighted by molar-refractivity contribution is -0.143. The van der Waals surface area contributed by atoms with Crippen LogP contribution in [0.25, 0.3) is 0 Å². The Kier molecular flexibility index (Phi) is 1.38. The molecular weight excluding hydrogens is 150 g/mol. The molecule has 58 valence electrons. The number of carbonyl (C=O) groups is 1. The predicted octanol–water partition coefficient (Wildman–Crippen LogP) is -0.102. The van der Waals surface area contributed by atoms with E-state index in [1.807, 2.05) is 0 Å². The van der Waals surface area contributed by atoms with Crippen LogP contribution in [0.4, 0.5) is 0 Å². The van der Waals surface area contributed by atoms with E-state index in [1.165, 1.54) is 0 Å². The fraction of sp³-hybridized carbons (Fsp3) is 0.833. The minimum absolute atomic E-state index is 0. The molecule has 0 saturated carbocycles. The molecule has 2 saturated heterocycles. The maximum Gasteiger partial charge on any atom is 0.226 e. The summed E-state index contributed by atoms with van der Waals surface area (Å²) in [6, 6.07) is 0. The molecule has 2 aliphatic rings. The Hall–Kier alpha value is -0.220. The van der Waals surface area contributed by atoms with E-state index < -0.39 is 0 Å². The van der Waals surface area contributed by atoms with Gasteiger partial charge in [-0.1, -0.05) is 0 Å². The number of amides is 1. The van der Waals surface area contributed by atoms with E-state index in [4.69, 9.17) is 5.11 Å². The topological polar surface area (TPSA) is 40.5 Å². The first-order valence-corrected chi connectivity index (χ1v) is 4.41. The summed E-state index contributed by atoms with van der Waals surface area (Å²) >= 11 is 1.68. The molecule has 0 aromatic rings. The Balaban J connectivity index is 0.000000605. The van der Waals surface area contributed by atoms with Gasteiger partial charge in [0, 0.05) is 13.7 Å². The van der Waals surface area contributed by atoms with Crippen molar-refractivity contribution in [3.8, 4) is 0 Å². The lowest BCUT2D eigenvalue weighted by Gasteiger charge is -2.44. The fourth-order valence-electron chi connectivity index (χ4n) is 1.30. The highest BCUT2D eigenvalue weighted by Crippen LogP contribution is 2.33. The van der Waals surface area contributed by atoms with Crippen molar-refractivity contribution in [2.75, 3.05) is 12.3 Å². The summed E-state index contributed by atoms with van der Waals surface area (Å²) in [5.74, 6) is 0.977. The highest BCUT2D eigenvalue weighted by Gasteiger charge is 2.40. The highest BCUT2D eigenvalue weighted by molar-refractivity contribution is 8.00. The molecule has 0 aromatic carbocycles. The number of fused-ring (bicyclic) bond motifs is 1. The maximum atomic E-state index is 10.8. The zero-order valence-corrected chi connectivity index (χ0v) is 6.30. The van der Waals surface area contributed by atoms with Crippen molar-refractivity contribution in [3.05, 3.63) is 0 Å². The van der Waals surface area contributed by atoms with Gasteiger partial charge < -0.3 is 10.0 Å². The van der Waals surface area contributed by atoms with Crippen molar-refractivity contribution in [1.82, 2.24) is 4.90 Å². The number of hydrogen-bond donors (Lipinski definition) is 1. The fourth-order valence-corrected chi connectivity index (χ4v) is 2.49. The van der Waals surface area contributed by atoms with Gasteiger partial charge in [-0.25, -0.2) is 0 Å². The number of carbonyl (C=O) groups excluding carboxylic acids is 1. The number of thioether (sulfide) groups is 1. The molecule has 1 N–H and O–H groups in total. The zero-order valence-electron chi connectivity index (χ0n) is 5.49. The van der Waals surface area contributed by atoms with Gasteiger partial charge in [-0.3, -0.25) is 4.79 Å². The van der Waals surface area contributed by atoms with Crippen LogP contribution in [0, 0.1) is 0 Å². The van der Waals surface area contributed by atoms with Crippen LogP contribution in [0.15, 0.2) is 0 Å². The monoisotopic (exact) mass is 161 g/mol. The molecule has 2 aliphatic heterocycles. The SMILES string of the molecule is O=C1C[C@H]2SCC(O)CN12.[HH]. The summed E-state index contributed by atoms with van der Waals surface area (Å²) in [5, 5.41) is 9.52. The lowest BCUT2D eigenvalue weighted by Crippen LogP contribution is -2.57. The summed E-state index contributed by atoms with van der Waals surface area (Å²) in [4.78, 5) is 12.6. The molecule has 1 amide bonds. The van der Waals surface area contributed by atoms with Crippen molar-refractivity contribution < 1.29 is 11.3 Å². The Labute approximate surface area is 64.9 Å². The molecule has 1 unspecified atom stereocenters. The van der Waals surface area contributed by atoms with E-state index in [2.05, 4.69) is 0 Å². The van der Waals surface area contributed by atoms with Gasteiger partial charge in [-0.2, -0.15) is 0 Å². The van der Waals surface area contributed by atoms with Gasteiger partial charge in [0.1, 0.15) is 0 Å². The number of nitrogens with zero attached hydrogens (tertiary/aromatic N) is 1. The Morgan fingerprint density at radius 2 is 2.60 bits per heavy atom. The molecule has 0 spiro atoms. The molecule has 2 heterocycles. The number of hydrogen-bond acceptors (Lipinski definition) is 3. The third kappa shape index (κ3) is 0.828. The number of aliphatic hydroxyl groups excluding tert-OH is 1. The molecule has 0 aromatic heterocycles. The van der Waals surface area contributed by atoms with E-state index in [-0.39, 0.29) is 13.4 Å². The summed E-state index contributed by atoms with van der Waals surface area (Å²) in [5.41, 5.74) is 0. The second-order valence-electron chi connectivity index (χ2n) is 2.69. The summed E-state index contributed by atoms with van der Waals surface area (Å²) in [6.07, 6.45) is 0.377. The van der Waals surface area contributed by atoms with Gasteiger partial charge in [-0.05, 0) is 0 Å². The van der Waals surface area contributed by atoms with Crippen LogP contribution in [0.2, 0.25) is 0 Å². The van der Waals surface area contributed by atoms with Crippen molar-refractivity contribution in [1.29, 1.82) is 0 Å². The molecule has 0 bridgehead atoms. The predicted molar refractivity (Wildman–Crippen MR) is 40.7 cm³/mol. The van der Waals surface area contributed by atoms with Gasteiger partial charge in [0.2, 0.25) is 5.91 Å². The van der Waals surface area contributed by atoms with Crippen molar-refractivity contribution in [2.45, 2.75) is 17.9 Å². The van der Waals surface area contributed by atoms with Gasteiger partial charge in [0.25, 0.3) is 0 Å². The van der Waals surface area contributed by atoms with Crippen LogP contribution in [0.5, 0.6) is 0 Å². The summed E-state index contributed by atoms with van der Waals surface area (Å²) in [6.45, 7) is 0.552. The van der Waals surface area contributed by atoms with Gasteiger partial charge in [0.05, 0.1) is 17.9 Å². The van der Waals surface area contributed by atoms with Crippen molar-refractivity contribution >= 4 is 17.7 Å². The quantitative estimate of drug-likeness (QED) is 0.504. The molecule has 2 atom stereocenters. The van der Waals surface area contributed by atoms with Crippen LogP contribution in [-0.2, 0) is 4.79 Å². The Morgan fingerprint density at radius 1 is 1.80 bits per heavy atom. The third-order valence-corrected chi connectivity index (χ3v) is 3.29. The Bertz CT molecular complexity index is 178. The van der Waals surface area contributed by atoms with E-state index in [0.29, 0.717) is 18.3 Å². The summed E-state index contributed by atoms with van der Waals surface area (Å²) < 4.78 is 0. The minimum Gasteiger partial charge on any atom is -0.390 e. The molecule has 0 radical (unpaired) electrons. The minimum atomic E-state index is -0.300. The van der Waals surface area contributed by atoms with Crippen LogP contribution < -0.4 is 0 Å². The molecule has 0 aliphatic carbocycles. The number of β-lactam (4-membered cyclic amide) rings is 1. The average Bonchev–Trinajstić information content (AvgIpc) is 1.92. The van der Waals surface area contributed by atoms with Crippen LogP contribution in [0.3, 0.4) is 0 Å². The van der Waals surface area contributed by atoms with Gasteiger partial charge in [0.15, 0.2) is 0 Å². The van der Waals surface area contributed by atoms with Crippen molar-refractivity contribution in [2.24, 2.45) is 0 Å². The molecule has 3 nitrogen and oxygen atoms in total. The zero-order chi connectivity index (χ0) is 7.14. The maximum absolute atomic E-state index is 10.8. The van der Waals surface area contributed by atoms with Crippen LogP contribution >= 0.6 is 11.8 Å². The largest absolute Gasteiger partial charge is 0.390 e. The normalized spacial score (nSPS) is 38.9. The second-order valence-corrected chi connectivity index (χ2v) is 3.90. The molecular formula is C6H11NO2S. The van der Waals surface area contributed by atoms with Gasteiger partial charge in [-0.15, -0.1) is 11.8 Å². The van der Waals surface area contributed by atoms with E-state index in [9.17, 15) is 4.79 Å². The molecule has 10 heavy (non-hydrogen) atoms. The Morgan fingerprint density at radius 3 is 3.20 bits per heavy atom. The smallest absolute Gasteiger partial charge is 0.226 e. The van der Waals surface area contributed by atoms with Gasteiger partial charge >= 0.3 is 0 Å². The third-order valence-electron chi connectivity index (χ3n) is 1.91. The van der Waals surface area contributed by atoms with Crippen LogP contribution in [-0.4, -0.2) is 39.7 Å². The lowest BCUT2D eigenvalue weighted by atomic mass is 10.2. The molecule has 2 fully saturated rings. The van der Waals surface area contributed by atoms with E-state index in [1.54, 1.807) is 16.7 Å². The summed E-state index contributed by atoms with van der Waals surface area (Å²) in [7, 11) is 0. The average molecular weight is 161 g/mol. The van der Waals surface area contributed by atoms with E-state index in [0.717, 1.165) is 5.75 Å². The first-order valence-electron chi connectivity index (χ1n) is 3.36. The first kappa shape index (κ1) is 6.49. The van der Waals surface area contributed by atoms with Crippen molar-refractivity contribution in [3.63, 3.8) is 0 Å².